The van der Waals surface area contributed by atoms with Crippen LogP contribution in [-0.4, -0.2) is 34.3 Å². The van der Waals surface area contributed by atoms with Crippen molar-refractivity contribution in [2.24, 2.45) is 0 Å². The maximum atomic E-state index is 11.8. The van der Waals surface area contributed by atoms with Crippen LogP contribution in [-0.2, 0) is 24.2 Å². The molecule has 6 nitrogen and oxygen atoms in total. The van der Waals surface area contributed by atoms with Crippen molar-refractivity contribution in [2.45, 2.75) is 39.3 Å². The first-order valence-corrected chi connectivity index (χ1v) is 8.52. The lowest BCUT2D eigenvalue weighted by atomic mass is 10.1. The maximum Gasteiger partial charge on any atom is 0.412 e. The van der Waals surface area contributed by atoms with E-state index in [9.17, 15) is 4.79 Å². The van der Waals surface area contributed by atoms with Crippen LogP contribution in [0.2, 0.25) is 0 Å². The number of nitrogens with one attached hydrogen (secondary N) is 2. The van der Waals surface area contributed by atoms with E-state index >= 15 is 0 Å². The first-order chi connectivity index (χ1) is 11.8. The average Bonchev–Trinajstić information content (AvgIpc) is 2.98. The van der Waals surface area contributed by atoms with E-state index in [2.05, 4.69) is 51.6 Å². The second-order valence-electron chi connectivity index (χ2n) is 6.09. The second-order valence-corrected chi connectivity index (χ2v) is 6.09. The van der Waals surface area contributed by atoms with Gasteiger partial charge in [0.25, 0.3) is 0 Å². The van der Waals surface area contributed by atoms with E-state index < -0.39 is 6.09 Å². The number of rotatable bonds is 6. The summed E-state index contributed by atoms with van der Waals surface area (Å²) < 4.78 is 5.13. The highest BCUT2D eigenvalue weighted by Gasteiger charge is 2.23. The zero-order chi connectivity index (χ0) is 16.8. The zero-order valence-electron chi connectivity index (χ0n) is 14.0. The van der Waals surface area contributed by atoms with E-state index in [1.807, 2.05) is 6.07 Å². The summed E-state index contributed by atoms with van der Waals surface area (Å²) in [5.41, 5.74) is 3.46. The lowest BCUT2D eigenvalue weighted by molar-refractivity contribution is 0.159. The van der Waals surface area contributed by atoms with Gasteiger partial charge in [-0.15, -0.1) is 0 Å². The molecule has 0 aliphatic carbocycles. The van der Waals surface area contributed by atoms with E-state index in [0.29, 0.717) is 12.4 Å². The summed E-state index contributed by atoms with van der Waals surface area (Å²) in [5.74, 6) is 0.603. The number of aromatic amines is 1. The van der Waals surface area contributed by atoms with Crippen molar-refractivity contribution in [2.75, 3.05) is 18.5 Å². The fourth-order valence-corrected chi connectivity index (χ4v) is 2.90. The minimum atomic E-state index is -0.426. The number of aromatic nitrogens is 2. The number of benzene rings is 1. The van der Waals surface area contributed by atoms with Gasteiger partial charge in [0.2, 0.25) is 0 Å². The van der Waals surface area contributed by atoms with Crippen molar-refractivity contribution in [1.82, 2.24) is 15.1 Å². The lowest BCUT2D eigenvalue weighted by Crippen LogP contribution is -2.30. The zero-order valence-corrected chi connectivity index (χ0v) is 14.0. The van der Waals surface area contributed by atoms with Gasteiger partial charge in [-0.05, 0) is 18.4 Å². The van der Waals surface area contributed by atoms with Crippen molar-refractivity contribution in [3.63, 3.8) is 0 Å². The van der Waals surface area contributed by atoms with Gasteiger partial charge >= 0.3 is 6.09 Å². The number of H-pyrrole nitrogens is 1. The third-order valence-corrected chi connectivity index (χ3v) is 4.21. The molecule has 2 aromatic rings. The second kappa shape index (κ2) is 7.97. The number of hydrogen-bond donors (Lipinski definition) is 2. The molecular weight excluding hydrogens is 304 g/mol. The van der Waals surface area contributed by atoms with Crippen molar-refractivity contribution >= 4 is 11.9 Å². The predicted octanol–water partition coefficient (Wildman–Crippen LogP) is 3.32. The molecular formula is C18H24N4O2. The normalized spacial score (nSPS) is 14.2. The Balaban J connectivity index is 1.57. The summed E-state index contributed by atoms with van der Waals surface area (Å²) >= 11 is 0. The standard InChI is InChI=1S/C18H24N4O2/c1-2-3-11-24-18(23)19-17-15-9-10-22(13-16(15)20-21-17)12-14-7-5-4-6-8-14/h4-8H,2-3,9-13H2,1H3,(H2,19,20,21,23). The molecule has 2 heterocycles. The predicted molar refractivity (Wildman–Crippen MR) is 92.7 cm³/mol. The fourth-order valence-electron chi connectivity index (χ4n) is 2.90. The summed E-state index contributed by atoms with van der Waals surface area (Å²) in [5, 5.41) is 10.0. The Kier molecular flexibility index (Phi) is 5.48. The van der Waals surface area contributed by atoms with Crippen LogP contribution in [0, 0.1) is 0 Å². The van der Waals surface area contributed by atoms with E-state index in [0.717, 1.165) is 50.2 Å². The Labute approximate surface area is 142 Å². The van der Waals surface area contributed by atoms with Crippen LogP contribution in [0.3, 0.4) is 0 Å². The lowest BCUT2D eigenvalue weighted by Gasteiger charge is -2.26. The average molecular weight is 328 g/mol. The summed E-state index contributed by atoms with van der Waals surface area (Å²) in [7, 11) is 0. The van der Waals surface area contributed by atoms with Gasteiger partial charge in [-0.1, -0.05) is 43.7 Å². The quantitative estimate of drug-likeness (QED) is 0.798. The molecule has 0 saturated carbocycles. The number of fused-ring (bicyclic) bond motifs is 1. The molecule has 0 unspecified atom stereocenters. The van der Waals surface area contributed by atoms with E-state index in [4.69, 9.17) is 4.74 Å². The molecule has 0 radical (unpaired) electrons. The molecule has 1 aromatic heterocycles. The Hall–Kier alpha value is -2.34. The molecule has 1 aromatic carbocycles. The maximum absolute atomic E-state index is 11.8. The van der Waals surface area contributed by atoms with Crippen LogP contribution < -0.4 is 5.32 Å². The van der Waals surface area contributed by atoms with Gasteiger partial charge in [0.1, 0.15) is 0 Å². The molecule has 0 spiro atoms. The van der Waals surface area contributed by atoms with E-state index in [1.165, 1.54) is 5.56 Å². The Morgan fingerprint density at radius 2 is 2.21 bits per heavy atom. The molecule has 1 aliphatic heterocycles. The smallest absolute Gasteiger partial charge is 0.412 e. The number of unbranched alkanes of at least 4 members (excludes halogenated alkanes) is 1. The highest BCUT2D eigenvalue weighted by atomic mass is 16.5. The minimum absolute atomic E-state index is 0.426. The van der Waals surface area contributed by atoms with Gasteiger partial charge in [0.15, 0.2) is 5.82 Å². The fraction of sp³-hybridized carbons (Fsp3) is 0.444. The van der Waals surface area contributed by atoms with Gasteiger partial charge in [-0.3, -0.25) is 15.3 Å². The van der Waals surface area contributed by atoms with Crippen LogP contribution in [0.4, 0.5) is 10.6 Å². The van der Waals surface area contributed by atoms with Crippen molar-refractivity contribution in [3.05, 3.63) is 47.2 Å². The van der Waals surface area contributed by atoms with Gasteiger partial charge in [-0.25, -0.2) is 4.79 Å². The molecule has 1 aliphatic rings. The monoisotopic (exact) mass is 328 g/mol. The van der Waals surface area contributed by atoms with Gasteiger partial charge < -0.3 is 4.74 Å². The Morgan fingerprint density at radius 1 is 1.38 bits per heavy atom. The minimum Gasteiger partial charge on any atom is -0.449 e. The summed E-state index contributed by atoms with van der Waals surface area (Å²) in [6, 6.07) is 10.4. The number of carbonyl (C=O) groups is 1. The summed E-state index contributed by atoms with van der Waals surface area (Å²) in [4.78, 5) is 14.2. The highest BCUT2D eigenvalue weighted by Crippen LogP contribution is 2.24. The van der Waals surface area contributed by atoms with Crippen LogP contribution in [0.5, 0.6) is 0 Å². The topological polar surface area (TPSA) is 70.2 Å². The van der Waals surface area contributed by atoms with Crippen molar-refractivity contribution < 1.29 is 9.53 Å². The molecule has 3 rings (SSSR count). The highest BCUT2D eigenvalue weighted by molar-refractivity contribution is 5.84. The number of nitrogens with zero attached hydrogens (tertiary/aromatic N) is 2. The Morgan fingerprint density at radius 3 is 3.00 bits per heavy atom. The molecule has 24 heavy (non-hydrogen) atoms. The third kappa shape index (κ3) is 4.14. The van der Waals surface area contributed by atoms with Crippen LogP contribution in [0.1, 0.15) is 36.6 Å². The number of carbonyl (C=O) groups excluding carboxylic acids is 1. The molecule has 6 heteroatoms. The molecule has 0 fully saturated rings. The first kappa shape index (κ1) is 16.5. The molecule has 1 amide bonds. The van der Waals surface area contributed by atoms with Crippen molar-refractivity contribution in [3.8, 4) is 0 Å². The first-order valence-electron chi connectivity index (χ1n) is 8.52. The largest absolute Gasteiger partial charge is 0.449 e. The molecule has 2 N–H and O–H groups in total. The number of anilines is 1. The van der Waals surface area contributed by atoms with Crippen LogP contribution in [0.15, 0.2) is 30.3 Å². The number of ether oxygens (including phenoxy) is 1. The van der Waals surface area contributed by atoms with Gasteiger partial charge in [0.05, 0.1) is 12.3 Å². The third-order valence-electron chi connectivity index (χ3n) is 4.21. The molecule has 0 saturated heterocycles. The van der Waals surface area contributed by atoms with Gasteiger partial charge in [-0.2, -0.15) is 5.10 Å². The summed E-state index contributed by atoms with van der Waals surface area (Å²) in [6.45, 7) is 5.18. The van der Waals surface area contributed by atoms with E-state index in [-0.39, 0.29) is 0 Å². The number of hydrogen-bond acceptors (Lipinski definition) is 4. The van der Waals surface area contributed by atoms with Gasteiger partial charge in [0, 0.05) is 25.2 Å². The van der Waals surface area contributed by atoms with Crippen LogP contribution >= 0.6 is 0 Å². The Bertz CT molecular complexity index is 669. The SMILES string of the molecule is CCCCOC(=O)Nc1n[nH]c2c1CCN(Cc1ccccc1)C2. The van der Waals surface area contributed by atoms with Crippen LogP contribution in [0.25, 0.3) is 0 Å². The molecule has 0 atom stereocenters. The molecule has 0 bridgehead atoms. The van der Waals surface area contributed by atoms with Crippen molar-refractivity contribution in [1.29, 1.82) is 0 Å². The molecule has 128 valence electrons. The van der Waals surface area contributed by atoms with E-state index in [1.54, 1.807) is 0 Å². The summed E-state index contributed by atoms with van der Waals surface area (Å²) in [6.07, 6.45) is 2.32. The number of amides is 1.